The van der Waals surface area contributed by atoms with Crippen molar-refractivity contribution in [1.29, 1.82) is 0 Å². The predicted octanol–water partition coefficient (Wildman–Crippen LogP) is 4.30. The van der Waals surface area contributed by atoms with E-state index in [9.17, 15) is 4.79 Å². The van der Waals surface area contributed by atoms with Crippen LogP contribution in [0, 0.1) is 0 Å². The molecule has 0 unspecified atom stereocenters. The maximum Gasteiger partial charge on any atom is 0.235 e. The van der Waals surface area contributed by atoms with Gasteiger partial charge in [-0.3, -0.25) is 14.6 Å². The first kappa shape index (κ1) is 18.7. The van der Waals surface area contributed by atoms with Crippen molar-refractivity contribution in [2.24, 2.45) is 7.05 Å². The number of ether oxygens (including phenoxy) is 1. The molecule has 1 amide bonds. The number of rotatable bonds is 5. The number of methoxy groups -OCH3 is 1. The van der Waals surface area contributed by atoms with Gasteiger partial charge in [0.1, 0.15) is 11.6 Å². The number of aryl methyl sites for hydroxylation is 1. The molecule has 2 fully saturated rings. The number of hydrogen-bond acceptors (Lipinski definition) is 5. The summed E-state index contributed by atoms with van der Waals surface area (Å²) in [5.74, 6) is 3.30. The highest BCUT2D eigenvalue weighted by Crippen LogP contribution is 2.65. The maximum absolute atomic E-state index is 13.0. The average molecular weight is 441 g/mol. The first-order valence-electron chi connectivity index (χ1n) is 11.4. The summed E-state index contributed by atoms with van der Waals surface area (Å²) < 4.78 is 7.28. The third-order valence-electron chi connectivity index (χ3n) is 7.45. The summed E-state index contributed by atoms with van der Waals surface area (Å²) in [5.41, 5.74) is 4.65. The molecular formula is C25H24N6O2. The minimum atomic E-state index is -0.507. The lowest BCUT2D eigenvalue weighted by atomic mass is 9.91. The molecule has 8 nitrogen and oxygen atoms in total. The van der Waals surface area contributed by atoms with Gasteiger partial charge in [-0.2, -0.15) is 10.2 Å². The number of amides is 1. The zero-order chi connectivity index (χ0) is 22.3. The van der Waals surface area contributed by atoms with E-state index < -0.39 is 5.41 Å². The van der Waals surface area contributed by atoms with Crippen molar-refractivity contribution in [2.45, 2.75) is 36.5 Å². The molecule has 33 heavy (non-hydrogen) atoms. The van der Waals surface area contributed by atoms with Gasteiger partial charge in [-0.15, -0.1) is 0 Å². The summed E-state index contributed by atoms with van der Waals surface area (Å²) in [6, 6.07) is 14.2. The van der Waals surface area contributed by atoms with Crippen LogP contribution < -0.4 is 15.4 Å². The van der Waals surface area contributed by atoms with Gasteiger partial charge in [-0.05, 0) is 60.7 Å². The lowest BCUT2D eigenvalue weighted by Gasteiger charge is -2.10. The van der Waals surface area contributed by atoms with Crippen LogP contribution in [0.4, 0.5) is 17.3 Å². The summed E-state index contributed by atoms with van der Waals surface area (Å²) in [6.07, 6.45) is 3.24. The van der Waals surface area contributed by atoms with Crippen molar-refractivity contribution in [2.75, 3.05) is 17.7 Å². The number of fused-ring (bicyclic) bond motifs is 3. The van der Waals surface area contributed by atoms with Gasteiger partial charge in [0.2, 0.25) is 5.91 Å². The minimum absolute atomic E-state index is 0.0745. The second-order valence-corrected chi connectivity index (χ2v) is 9.45. The van der Waals surface area contributed by atoms with E-state index in [2.05, 4.69) is 50.2 Å². The molecule has 8 heteroatoms. The fraction of sp³-hybridized carbons (Fsp3) is 0.320. The number of benzene rings is 2. The van der Waals surface area contributed by atoms with E-state index in [-0.39, 0.29) is 11.8 Å². The van der Waals surface area contributed by atoms with Crippen molar-refractivity contribution in [1.82, 2.24) is 20.0 Å². The van der Waals surface area contributed by atoms with Crippen LogP contribution >= 0.6 is 0 Å². The van der Waals surface area contributed by atoms with E-state index in [1.807, 2.05) is 29.9 Å². The molecule has 166 valence electrons. The van der Waals surface area contributed by atoms with Gasteiger partial charge in [0.25, 0.3) is 0 Å². The number of carbonyl (C=O) groups is 1. The Hall–Kier alpha value is -3.81. The van der Waals surface area contributed by atoms with Gasteiger partial charge in [0.15, 0.2) is 5.82 Å². The molecule has 1 aliphatic heterocycles. The van der Waals surface area contributed by atoms with Crippen LogP contribution in [-0.2, 0) is 17.3 Å². The molecule has 2 saturated carbocycles. The highest BCUT2D eigenvalue weighted by molar-refractivity contribution is 6.10. The van der Waals surface area contributed by atoms with Crippen molar-refractivity contribution in [3.8, 4) is 5.75 Å². The number of aromatic amines is 1. The molecule has 0 bridgehead atoms. The molecule has 0 saturated heterocycles. The number of aromatic nitrogens is 4. The molecule has 2 aromatic heterocycles. The molecule has 4 aromatic rings. The fourth-order valence-corrected chi connectivity index (χ4v) is 5.35. The normalized spacial score (nSPS) is 23.1. The Morgan fingerprint density at radius 2 is 2.06 bits per heavy atom. The number of H-pyrrole nitrogens is 1. The van der Waals surface area contributed by atoms with Crippen LogP contribution in [0.25, 0.3) is 10.9 Å². The Kier molecular flexibility index (Phi) is 3.62. The predicted molar refractivity (Wildman–Crippen MR) is 125 cm³/mol. The summed E-state index contributed by atoms with van der Waals surface area (Å²) in [4.78, 5) is 13.0. The van der Waals surface area contributed by atoms with E-state index >= 15 is 0 Å². The fourth-order valence-electron chi connectivity index (χ4n) is 5.35. The largest absolute Gasteiger partial charge is 0.497 e. The van der Waals surface area contributed by atoms with Gasteiger partial charge in [0.05, 0.1) is 23.7 Å². The van der Waals surface area contributed by atoms with Crippen LogP contribution in [0.15, 0.2) is 42.5 Å². The van der Waals surface area contributed by atoms with Gasteiger partial charge >= 0.3 is 0 Å². The van der Waals surface area contributed by atoms with Crippen LogP contribution in [0.1, 0.15) is 47.9 Å². The lowest BCUT2D eigenvalue weighted by Crippen LogP contribution is -2.21. The molecular weight excluding hydrogens is 416 g/mol. The Balaban J connectivity index is 1.20. The van der Waals surface area contributed by atoms with Crippen molar-refractivity contribution < 1.29 is 9.53 Å². The van der Waals surface area contributed by atoms with Crippen molar-refractivity contribution >= 4 is 34.1 Å². The van der Waals surface area contributed by atoms with Crippen molar-refractivity contribution in [3.05, 3.63) is 59.3 Å². The summed E-state index contributed by atoms with van der Waals surface area (Å²) in [7, 11) is 3.60. The molecule has 2 atom stereocenters. The first-order valence-corrected chi connectivity index (χ1v) is 11.4. The highest BCUT2D eigenvalue weighted by atomic mass is 16.5. The van der Waals surface area contributed by atoms with Crippen LogP contribution in [0.3, 0.4) is 0 Å². The molecule has 7 rings (SSSR count). The first-order chi connectivity index (χ1) is 16.1. The van der Waals surface area contributed by atoms with Crippen molar-refractivity contribution in [3.63, 3.8) is 0 Å². The van der Waals surface area contributed by atoms with Gasteiger partial charge in [-0.1, -0.05) is 6.07 Å². The standard InChI is InChI=1S/C25H24N6O2/c1-31-22(11-20(30-31)13-3-4-13)27-23-16-7-5-14(9-21(16)28-29-23)18-12-25(18)17-10-15(33-2)6-8-19(17)26-24(25)32/h5-11,13,18H,3-4,12H2,1-2H3,(H,26,32)(H2,27,28,29)/t18-,25-/m0/s1. The molecule has 3 heterocycles. The third-order valence-corrected chi connectivity index (χ3v) is 7.45. The van der Waals surface area contributed by atoms with Gasteiger partial charge in [-0.25, -0.2) is 0 Å². The quantitative estimate of drug-likeness (QED) is 0.430. The number of hydrogen-bond donors (Lipinski definition) is 3. The number of nitrogens with one attached hydrogen (secondary N) is 3. The zero-order valence-electron chi connectivity index (χ0n) is 18.5. The Bertz CT molecular complexity index is 1450. The van der Waals surface area contributed by atoms with Gasteiger partial charge in [0, 0.05) is 36.0 Å². The Morgan fingerprint density at radius 1 is 1.18 bits per heavy atom. The van der Waals surface area contributed by atoms with E-state index in [0.717, 1.165) is 57.2 Å². The topological polar surface area (TPSA) is 96.9 Å². The average Bonchev–Trinajstić information content (AvgIpc) is 3.71. The smallest absolute Gasteiger partial charge is 0.235 e. The van der Waals surface area contributed by atoms with Crippen LogP contribution in [-0.4, -0.2) is 33.0 Å². The number of nitrogens with zero attached hydrogens (tertiary/aromatic N) is 3. The number of anilines is 3. The summed E-state index contributed by atoms with van der Waals surface area (Å²) in [6.45, 7) is 0. The Morgan fingerprint density at radius 3 is 2.88 bits per heavy atom. The zero-order valence-corrected chi connectivity index (χ0v) is 18.5. The third kappa shape index (κ3) is 2.66. The minimum Gasteiger partial charge on any atom is -0.497 e. The van der Waals surface area contributed by atoms with Crippen LogP contribution in [0.5, 0.6) is 5.75 Å². The molecule has 1 spiro atoms. The van der Waals surface area contributed by atoms with Gasteiger partial charge < -0.3 is 15.4 Å². The highest BCUT2D eigenvalue weighted by Gasteiger charge is 2.65. The van der Waals surface area contributed by atoms with E-state index in [0.29, 0.717) is 5.92 Å². The molecule has 2 aromatic carbocycles. The Labute approximate surface area is 190 Å². The summed E-state index contributed by atoms with van der Waals surface area (Å²) >= 11 is 0. The summed E-state index contributed by atoms with van der Waals surface area (Å²) in [5, 5.41) is 19.8. The van der Waals surface area contributed by atoms with E-state index in [4.69, 9.17) is 4.74 Å². The molecule has 0 radical (unpaired) electrons. The maximum atomic E-state index is 13.0. The monoisotopic (exact) mass is 440 g/mol. The molecule has 3 N–H and O–H groups in total. The lowest BCUT2D eigenvalue weighted by molar-refractivity contribution is -0.118. The molecule has 3 aliphatic rings. The SMILES string of the molecule is COc1ccc2c(c1)[C@]1(C[C@H]1c1ccc3c(Nc4cc(C5CC5)nn4C)n[nH]c3c1)C(=O)N2. The van der Waals surface area contributed by atoms with Crippen LogP contribution in [0.2, 0.25) is 0 Å². The van der Waals surface area contributed by atoms with E-state index in [1.54, 1.807) is 7.11 Å². The number of carbonyl (C=O) groups excluding carboxylic acids is 1. The van der Waals surface area contributed by atoms with E-state index in [1.165, 1.54) is 12.8 Å². The second kappa shape index (κ2) is 6.37. The second-order valence-electron chi connectivity index (χ2n) is 9.45. The molecule has 2 aliphatic carbocycles.